The second-order valence-corrected chi connectivity index (χ2v) is 5.27. The van der Waals surface area contributed by atoms with Gasteiger partial charge < -0.3 is 4.74 Å². The van der Waals surface area contributed by atoms with Crippen molar-refractivity contribution in [1.29, 1.82) is 0 Å². The van der Waals surface area contributed by atoms with Gasteiger partial charge in [-0.3, -0.25) is 0 Å². The molecule has 3 aromatic rings. The molecule has 0 aliphatic heterocycles. The maximum absolute atomic E-state index is 6.23. The van der Waals surface area contributed by atoms with Crippen LogP contribution in [0.4, 0.5) is 0 Å². The molecule has 3 aromatic carbocycles. The molecule has 0 bridgehead atoms. The van der Waals surface area contributed by atoms with Crippen molar-refractivity contribution in [3.8, 4) is 5.75 Å². The average molecular weight is 283 g/mol. The maximum atomic E-state index is 6.23. The summed E-state index contributed by atoms with van der Waals surface area (Å²) < 4.78 is 5.94. The molecule has 3 rings (SSSR count). The molecule has 0 heterocycles. The van der Waals surface area contributed by atoms with Crippen molar-refractivity contribution in [2.24, 2.45) is 0 Å². The van der Waals surface area contributed by atoms with E-state index in [-0.39, 0.29) is 0 Å². The minimum absolute atomic E-state index is 0.479. The lowest BCUT2D eigenvalue weighted by Gasteiger charge is -2.10. The molecule has 0 fully saturated rings. The van der Waals surface area contributed by atoms with E-state index in [1.54, 1.807) is 0 Å². The third kappa shape index (κ3) is 2.63. The van der Waals surface area contributed by atoms with Crippen LogP contribution in [-0.4, -0.2) is 0 Å². The highest BCUT2D eigenvalue weighted by Gasteiger charge is 2.04. The Morgan fingerprint density at radius 3 is 2.60 bits per heavy atom. The number of halogens is 1. The molecular weight excluding hydrogens is 268 g/mol. The molecule has 0 unspecified atom stereocenters. The summed E-state index contributed by atoms with van der Waals surface area (Å²) in [5.41, 5.74) is 2.16. The molecule has 0 N–H and O–H groups in total. The van der Waals surface area contributed by atoms with Crippen LogP contribution in [0.15, 0.2) is 60.7 Å². The van der Waals surface area contributed by atoms with E-state index in [0.717, 1.165) is 27.3 Å². The van der Waals surface area contributed by atoms with E-state index in [0.29, 0.717) is 6.61 Å². The highest BCUT2D eigenvalue weighted by atomic mass is 35.5. The van der Waals surface area contributed by atoms with Crippen LogP contribution in [0, 0.1) is 6.92 Å². The van der Waals surface area contributed by atoms with Gasteiger partial charge in [0.15, 0.2) is 0 Å². The third-order valence-electron chi connectivity index (χ3n) is 3.34. The summed E-state index contributed by atoms with van der Waals surface area (Å²) in [6.07, 6.45) is 0. The predicted octanol–water partition coefficient (Wildman–Crippen LogP) is 5.38. The number of fused-ring (bicyclic) bond motifs is 1. The largest absolute Gasteiger partial charge is 0.488 e. The molecule has 0 aromatic heterocycles. The Labute approximate surface area is 123 Å². The summed E-state index contributed by atoms with van der Waals surface area (Å²) in [6, 6.07) is 20.3. The van der Waals surface area contributed by atoms with Gasteiger partial charge in [0, 0.05) is 16.0 Å². The van der Waals surface area contributed by atoms with E-state index in [9.17, 15) is 0 Å². The van der Waals surface area contributed by atoms with E-state index < -0.39 is 0 Å². The lowest BCUT2D eigenvalue weighted by molar-refractivity contribution is 0.310. The van der Waals surface area contributed by atoms with Crippen molar-refractivity contribution in [2.75, 3.05) is 0 Å². The molecule has 100 valence electrons. The molecule has 0 atom stereocenters. The van der Waals surface area contributed by atoms with Crippen LogP contribution >= 0.6 is 11.6 Å². The molecule has 20 heavy (non-hydrogen) atoms. The van der Waals surface area contributed by atoms with Crippen molar-refractivity contribution in [1.82, 2.24) is 0 Å². The Morgan fingerprint density at radius 1 is 0.950 bits per heavy atom. The Balaban J connectivity index is 1.87. The molecule has 2 heteroatoms. The molecule has 1 nitrogen and oxygen atoms in total. The molecule has 0 amide bonds. The number of hydrogen-bond acceptors (Lipinski definition) is 1. The summed E-state index contributed by atoms with van der Waals surface area (Å²) in [5.74, 6) is 0.889. The fourth-order valence-electron chi connectivity index (χ4n) is 2.25. The van der Waals surface area contributed by atoms with Crippen LogP contribution in [0.5, 0.6) is 5.75 Å². The lowest BCUT2D eigenvalue weighted by atomic mass is 10.1. The van der Waals surface area contributed by atoms with Gasteiger partial charge in [-0.25, -0.2) is 0 Å². The molecule has 0 saturated carbocycles. The minimum atomic E-state index is 0.479. The van der Waals surface area contributed by atoms with Crippen LogP contribution in [0.3, 0.4) is 0 Å². The Kier molecular flexibility index (Phi) is 3.62. The van der Waals surface area contributed by atoms with Crippen LogP contribution in [0.1, 0.15) is 11.1 Å². The van der Waals surface area contributed by atoms with Gasteiger partial charge in [0.2, 0.25) is 0 Å². The molecule has 0 aliphatic rings. The van der Waals surface area contributed by atoms with Crippen molar-refractivity contribution in [3.05, 3.63) is 76.8 Å². The fraction of sp³-hybridized carbons (Fsp3) is 0.111. The number of ether oxygens (including phenoxy) is 1. The van der Waals surface area contributed by atoms with E-state index >= 15 is 0 Å². The maximum Gasteiger partial charge on any atom is 0.127 e. The third-order valence-corrected chi connectivity index (χ3v) is 3.69. The standard InChI is InChI=1S/C18H15ClO/c1-13-9-10-15(17(19)11-13)12-20-18-8-4-6-14-5-2-3-7-16(14)18/h2-11H,12H2,1H3. The van der Waals surface area contributed by atoms with Gasteiger partial charge in [0.25, 0.3) is 0 Å². The van der Waals surface area contributed by atoms with E-state index in [1.807, 2.05) is 49.4 Å². The summed E-state index contributed by atoms with van der Waals surface area (Å²) >= 11 is 6.23. The van der Waals surface area contributed by atoms with E-state index in [2.05, 4.69) is 18.2 Å². The first-order valence-electron chi connectivity index (χ1n) is 6.59. The van der Waals surface area contributed by atoms with Crippen LogP contribution in [-0.2, 0) is 6.61 Å². The number of hydrogen-bond donors (Lipinski definition) is 0. The average Bonchev–Trinajstić information content (AvgIpc) is 2.46. The van der Waals surface area contributed by atoms with Gasteiger partial charge in [-0.1, -0.05) is 60.1 Å². The summed E-state index contributed by atoms with van der Waals surface area (Å²) in [4.78, 5) is 0. The molecule has 0 aliphatic carbocycles. The first-order chi connectivity index (χ1) is 9.74. The minimum Gasteiger partial charge on any atom is -0.488 e. The van der Waals surface area contributed by atoms with Gasteiger partial charge in [-0.05, 0) is 30.0 Å². The van der Waals surface area contributed by atoms with Gasteiger partial charge in [0.1, 0.15) is 12.4 Å². The van der Waals surface area contributed by atoms with Crippen molar-refractivity contribution >= 4 is 22.4 Å². The molecular formula is C18H15ClO. The van der Waals surface area contributed by atoms with Crippen LogP contribution in [0.2, 0.25) is 5.02 Å². The van der Waals surface area contributed by atoms with E-state index in [4.69, 9.17) is 16.3 Å². The quantitative estimate of drug-likeness (QED) is 0.626. The van der Waals surface area contributed by atoms with Gasteiger partial charge in [-0.15, -0.1) is 0 Å². The smallest absolute Gasteiger partial charge is 0.127 e. The number of benzene rings is 3. The van der Waals surface area contributed by atoms with E-state index in [1.165, 1.54) is 5.39 Å². The Morgan fingerprint density at radius 2 is 1.75 bits per heavy atom. The molecule has 0 saturated heterocycles. The summed E-state index contributed by atoms with van der Waals surface area (Å²) in [6.45, 7) is 2.51. The second kappa shape index (κ2) is 5.56. The zero-order chi connectivity index (χ0) is 13.9. The lowest BCUT2D eigenvalue weighted by Crippen LogP contribution is -1.97. The number of aryl methyl sites for hydroxylation is 1. The van der Waals surface area contributed by atoms with Crippen LogP contribution < -0.4 is 4.74 Å². The normalized spacial score (nSPS) is 10.7. The Hall–Kier alpha value is -1.99. The number of rotatable bonds is 3. The molecule has 0 spiro atoms. The van der Waals surface area contributed by atoms with Gasteiger partial charge in [-0.2, -0.15) is 0 Å². The highest BCUT2D eigenvalue weighted by Crippen LogP contribution is 2.27. The topological polar surface area (TPSA) is 9.23 Å². The monoisotopic (exact) mass is 282 g/mol. The predicted molar refractivity (Wildman–Crippen MR) is 84.5 cm³/mol. The van der Waals surface area contributed by atoms with Gasteiger partial charge in [0.05, 0.1) is 0 Å². The van der Waals surface area contributed by atoms with Crippen molar-refractivity contribution in [3.63, 3.8) is 0 Å². The zero-order valence-electron chi connectivity index (χ0n) is 11.3. The fourth-order valence-corrected chi connectivity index (χ4v) is 2.54. The Bertz CT molecular complexity index is 744. The molecule has 0 radical (unpaired) electrons. The zero-order valence-corrected chi connectivity index (χ0v) is 12.0. The van der Waals surface area contributed by atoms with Crippen LogP contribution in [0.25, 0.3) is 10.8 Å². The first-order valence-corrected chi connectivity index (χ1v) is 6.97. The highest BCUT2D eigenvalue weighted by molar-refractivity contribution is 6.31. The van der Waals surface area contributed by atoms with Gasteiger partial charge >= 0.3 is 0 Å². The summed E-state index contributed by atoms with van der Waals surface area (Å²) in [5, 5.41) is 3.06. The second-order valence-electron chi connectivity index (χ2n) is 4.86. The SMILES string of the molecule is Cc1ccc(COc2cccc3ccccc23)c(Cl)c1. The van der Waals surface area contributed by atoms with Crippen molar-refractivity contribution < 1.29 is 4.74 Å². The summed E-state index contributed by atoms with van der Waals surface area (Å²) in [7, 11) is 0. The first kappa shape index (κ1) is 13.0. The van der Waals surface area contributed by atoms with Crippen molar-refractivity contribution in [2.45, 2.75) is 13.5 Å².